The maximum atomic E-state index is 11.2. The zero-order valence-electron chi connectivity index (χ0n) is 10.8. The number of nitrogens with zero attached hydrogens (tertiary/aromatic N) is 2. The van der Waals surface area contributed by atoms with Crippen molar-refractivity contribution in [1.29, 1.82) is 0 Å². The van der Waals surface area contributed by atoms with Crippen LogP contribution < -0.4 is 5.73 Å². The summed E-state index contributed by atoms with van der Waals surface area (Å²) in [6, 6.07) is -0.252. The van der Waals surface area contributed by atoms with E-state index >= 15 is 0 Å². The molecule has 0 aromatic carbocycles. The number of carbonyl (C=O) groups is 1. The fraction of sp³-hybridized carbons (Fsp3) is 0.909. The van der Waals surface area contributed by atoms with Crippen LogP contribution in [-0.2, 0) is 4.79 Å². The molecule has 0 spiro atoms. The summed E-state index contributed by atoms with van der Waals surface area (Å²) < 4.78 is 0. The molecule has 0 saturated carbocycles. The lowest BCUT2D eigenvalue weighted by molar-refractivity contribution is -0.144. The van der Waals surface area contributed by atoms with Gasteiger partial charge in [-0.1, -0.05) is 6.92 Å². The molecule has 2 unspecified atom stereocenters. The van der Waals surface area contributed by atoms with Crippen molar-refractivity contribution < 1.29 is 9.90 Å². The molecular weight excluding hydrogens is 206 g/mol. The standard InChI is InChI=1S/C11H25N3O2/c1-5-14(9(2)8-13(3)4)10(6-7-12)11(15)16/h9-10H,5-8,12H2,1-4H3,(H,15,16). The third-order valence-electron chi connectivity index (χ3n) is 2.69. The predicted octanol–water partition coefficient (Wildman–Crippen LogP) is 0.0604. The van der Waals surface area contributed by atoms with E-state index in [2.05, 4.69) is 11.8 Å². The first-order chi connectivity index (χ1) is 7.43. The minimum atomic E-state index is -0.780. The van der Waals surface area contributed by atoms with Crippen LogP contribution >= 0.6 is 0 Å². The Morgan fingerprint density at radius 2 is 2.00 bits per heavy atom. The Kier molecular flexibility index (Phi) is 7.29. The lowest BCUT2D eigenvalue weighted by Gasteiger charge is -2.34. The molecule has 0 fully saturated rings. The van der Waals surface area contributed by atoms with Gasteiger partial charge in [0.05, 0.1) is 0 Å². The van der Waals surface area contributed by atoms with Gasteiger partial charge in [0.2, 0.25) is 0 Å². The van der Waals surface area contributed by atoms with Crippen LogP contribution in [0.1, 0.15) is 20.3 Å². The Balaban J connectivity index is 4.58. The van der Waals surface area contributed by atoms with Crippen LogP contribution in [0.3, 0.4) is 0 Å². The van der Waals surface area contributed by atoms with Gasteiger partial charge >= 0.3 is 5.97 Å². The number of carboxylic acids is 1. The highest BCUT2D eigenvalue weighted by atomic mass is 16.4. The number of aliphatic carboxylic acids is 1. The fourth-order valence-electron chi connectivity index (χ4n) is 2.06. The molecule has 0 amide bonds. The van der Waals surface area contributed by atoms with Crippen LogP contribution in [0.4, 0.5) is 0 Å². The van der Waals surface area contributed by atoms with Crippen molar-refractivity contribution in [2.75, 3.05) is 33.7 Å². The molecule has 0 saturated heterocycles. The highest BCUT2D eigenvalue weighted by Gasteiger charge is 2.27. The van der Waals surface area contributed by atoms with Gasteiger partial charge in [-0.25, -0.2) is 0 Å². The van der Waals surface area contributed by atoms with Crippen molar-refractivity contribution in [3.8, 4) is 0 Å². The molecule has 0 radical (unpaired) electrons. The van der Waals surface area contributed by atoms with E-state index in [0.717, 1.165) is 13.1 Å². The van der Waals surface area contributed by atoms with Gasteiger partial charge in [-0.3, -0.25) is 9.69 Å². The Hall–Kier alpha value is -0.650. The molecule has 0 rings (SSSR count). The van der Waals surface area contributed by atoms with Crippen molar-refractivity contribution in [2.45, 2.75) is 32.4 Å². The van der Waals surface area contributed by atoms with E-state index in [1.165, 1.54) is 0 Å². The number of hydrogen-bond acceptors (Lipinski definition) is 4. The van der Waals surface area contributed by atoms with Gasteiger partial charge in [0.25, 0.3) is 0 Å². The van der Waals surface area contributed by atoms with E-state index in [9.17, 15) is 9.90 Å². The lowest BCUT2D eigenvalue weighted by Crippen LogP contribution is -2.50. The molecule has 0 bridgehead atoms. The van der Waals surface area contributed by atoms with E-state index in [1.54, 1.807) is 0 Å². The fourth-order valence-corrected chi connectivity index (χ4v) is 2.06. The molecule has 0 aromatic heterocycles. The van der Waals surface area contributed by atoms with Gasteiger partial charge < -0.3 is 15.7 Å². The van der Waals surface area contributed by atoms with Crippen LogP contribution in [0, 0.1) is 0 Å². The molecular formula is C11H25N3O2. The number of likely N-dealkylation sites (N-methyl/N-ethyl adjacent to an activating group) is 2. The molecule has 5 heteroatoms. The molecule has 16 heavy (non-hydrogen) atoms. The Morgan fingerprint density at radius 3 is 2.31 bits per heavy atom. The summed E-state index contributed by atoms with van der Waals surface area (Å²) in [4.78, 5) is 15.2. The number of hydrogen-bond donors (Lipinski definition) is 2. The second-order valence-corrected chi connectivity index (χ2v) is 4.37. The van der Waals surface area contributed by atoms with Crippen molar-refractivity contribution in [1.82, 2.24) is 9.80 Å². The van der Waals surface area contributed by atoms with Crippen LogP contribution in [-0.4, -0.2) is 66.7 Å². The average Bonchev–Trinajstić information content (AvgIpc) is 2.16. The molecule has 0 aliphatic rings. The zero-order valence-corrected chi connectivity index (χ0v) is 10.8. The summed E-state index contributed by atoms with van der Waals surface area (Å²) >= 11 is 0. The molecule has 5 nitrogen and oxygen atoms in total. The van der Waals surface area contributed by atoms with Gasteiger partial charge in [0, 0.05) is 12.6 Å². The summed E-state index contributed by atoms with van der Waals surface area (Å²) in [5.74, 6) is -0.780. The Morgan fingerprint density at radius 1 is 1.44 bits per heavy atom. The van der Waals surface area contributed by atoms with E-state index in [-0.39, 0.29) is 6.04 Å². The van der Waals surface area contributed by atoms with Gasteiger partial charge in [0.1, 0.15) is 6.04 Å². The summed E-state index contributed by atoms with van der Waals surface area (Å²) in [6.45, 7) is 6.02. The van der Waals surface area contributed by atoms with Crippen molar-refractivity contribution in [3.63, 3.8) is 0 Å². The SMILES string of the molecule is CCN(C(C)CN(C)C)C(CCN)C(=O)O. The number of nitrogens with two attached hydrogens (primary N) is 1. The minimum absolute atomic E-state index is 0.215. The van der Waals surface area contributed by atoms with Gasteiger partial charge in [-0.05, 0) is 40.5 Å². The normalized spacial score (nSPS) is 15.4. The van der Waals surface area contributed by atoms with Crippen molar-refractivity contribution >= 4 is 5.97 Å². The summed E-state index contributed by atoms with van der Waals surface area (Å²) in [7, 11) is 3.98. The van der Waals surface area contributed by atoms with Gasteiger partial charge in [-0.2, -0.15) is 0 Å². The van der Waals surface area contributed by atoms with Crippen LogP contribution in [0.5, 0.6) is 0 Å². The van der Waals surface area contributed by atoms with E-state index in [4.69, 9.17) is 5.73 Å². The second kappa shape index (κ2) is 7.60. The molecule has 0 aliphatic carbocycles. The largest absolute Gasteiger partial charge is 0.480 e. The highest BCUT2D eigenvalue weighted by molar-refractivity contribution is 5.73. The van der Waals surface area contributed by atoms with Crippen LogP contribution in [0.25, 0.3) is 0 Å². The monoisotopic (exact) mass is 231 g/mol. The first kappa shape index (κ1) is 15.3. The van der Waals surface area contributed by atoms with Crippen LogP contribution in [0.2, 0.25) is 0 Å². The Labute approximate surface area is 98.2 Å². The predicted molar refractivity (Wildman–Crippen MR) is 65.5 cm³/mol. The maximum absolute atomic E-state index is 11.2. The van der Waals surface area contributed by atoms with Crippen molar-refractivity contribution in [2.24, 2.45) is 5.73 Å². The highest BCUT2D eigenvalue weighted by Crippen LogP contribution is 2.10. The summed E-state index contributed by atoms with van der Waals surface area (Å²) in [5, 5.41) is 9.18. The maximum Gasteiger partial charge on any atom is 0.320 e. The topological polar surface area (TPSA) is 69.8 Å². The summed E-state index contributed by atoms with van der Waals surface area (Å²) in [6.07, 6.45) is 0.501. The smallest absolute Gasteiger partial charge is 0.320 e. The molecule has 0 heterocycles. The van der Waals surface area contributed by atoms with E-state index < -0.39 is 12.0 Å². The molecule has 0 aromatic rings. The lowest BCUT2D eigenvalue weighted by atomic mass is 10.1. The first-order valence-corrected chi connectivity index (χ1v) is 5.77. The average molecular weight is 231 g/mol. The van der Waals surface area contributed by atoms with Gasteiger partial charge in [0.15, 0.2) is 0 Å². The molecule has 3 N–H and O–H groups in total. The summed E-state index contributed by atoms with van der Waals surface area (Å²) in [5.41, 5.74) is 5.46. The van der Waals surface area contributed by atoms with Crippen molar-refractivity contribution in [3.05, 3.63) is 0 Å². The number of carboxylic acid groups (broad SMARTS) is 1. The minimum Gasteiger partial charge on any atom is -0.480 e. The zero-order chi connectivity index (χ0) is 12.7. The molecule has 96 valence electrons. The molecule has 2 atom stereocenters. The van der Waals surface area contributed by atoms with Gasteiger partial charge in [-0.15, -0.1) is 0 Å². The second-order valence-electron chi connectivity index (χ2n) is 4.37. The molecule has 0 aliphatic heterocycles. The van der Waals surface area contributed by atoms with Crippen LogP contribution in [0.15, 0.2) is 0 Å². The Bertz CT molecular complexity index is 209. The first-order valence-electron chi connectivity index (χ1n) is 5.77. The number of rotatable bonds is 8. The van der Waals surface area contributed by atoms with E-state index in [0.29, 0.717) is 13.0 Å². The third kappa shape index (κ3) is 4.92. The third-order valence-corrected chi connectivity index (χ3v) is 2.69. The quantitative estimate of drug-likeness (QED) is 0.618. The van der Waals surface area contributed by atoms with E-state index in [1.807, 2.05) is 25.9 Å².